The zero-order valence-corrected chi connectivity index (χ0v) is 18.3. The molecule has 0 spiro atoms. The van der Waals surface area contributed by atoms with Crippen LogP contribution in [0.4, 0.5) is 11.4 Å². The van der Waals surface area contributed by atoms with Gasteiger partial charge < -0.3 is 24.4 Å². The van der Waals surface area contributed by atoms with Crippen molar-refractivity contribution in [1.29, 1.82) is 0 Å². The lowest BCUT2D eigenvalue weighted by atomic mass is 9.93. The molecule has 2 aromatic carbocycles. The Morgan fingerprint density at radius 2 is 2.03 bits per heavy atom. The van der Waals surface area contributed by atoms with Gasteiger partial charge in [-0.05, 0) is 42.7 Å². The summed E-state index contributed by atoms with van der Waals surface area (Å²) < 4.78 is 16.8. The molecule has 4 rings (SSSR count). The molecule has 0 saturated heterocycles. The number of fused-ring (bicyclic) bond motifs is 3. The van der Waals surface area contributed by atoms with Gasteiger partial charge in [0.2, 0.25) is 0 Å². The summed E-state index contributed by atoms with van der Waals surface area (Å²) >= 11 is 0. The first-order valence-electron chi connectivity index (χ1n) is 10.7. The second kappa shape index (κ2) is 9.39. The number of hydrogen-bond acceptors (Lipinski definition) is 6. The van der Waals surface area contributed by atoms with E-state index in [1.165, 1.54) is 5.56 Å². The number of aliphatic imine (C=N–C) groups is 1. The van der Waals surface area contributed by atoms with Gasteiger partial charge in [0.05, 0.1) is 31.0 Å². The maximum absolute atomic E-state index is 13.5. The molecule has 164 valence electrons. The Hall–Kier alpha value is -3.06. The van der Waals surface area contributed by atoms with Gasteiger partial charge in [0.25, 0.3) is 5.91 Å². The highest BCUT2D eigenvalue weighted by Gasteiger charge is 2.33. The Bertz CT molecular complexity index is 989. The van der Waals surface area contributed by atoms with Gasteiger partial charge in [-0.15, -0.1) is 0 Å². The fourth-order valence-electron chi connectivity index (χ4n) is 4.03. The number of hydrogen-bond donors (Lipinski definition) is 1. The number of rotatable bonds is 8. The molecule has 1 atom stereocenters. The Morgan fingerprint density at radius 1 is 1.16 bits per heavy atom. The number of methoxy groups -OCH3 is 1. The summed E-state index contributed by atoms with van der Waals surface area (Å²) in [6.07, 6.45) is 3.41. The summed E-state index contributed by atoms with van der Waals surface area (Å²) in [4.78, 5) is 20.0. The van der Waals surface area contributed by atoms with Gasteiger partial charge in [-0.1, -0.05) is 6.07 Å². The average molecular weight is 424 g/mol. The molecule has 0 saturated carbocycles. The fraction of sp³-hybridized carbons (Fsp3) is 0.417. The van der Waals surface area contributed by atoms with E-state index in [-0.39, 0.29) is 11.9 Å². The second-order valence-corrected chi connectivity index (χ2v) is 7.64. The highest BCUT2D eigenvalue weighted by Crippen LogP contribution is 2.38. The molecule has 7 nitrogen and oxygen atoms in total. The van der Waals surface area contributed by atoms with Gasteiger partial charge in [0, 0.05) is 51.2 Å². The van der Waals surface area contributed by atoms with Crippen LogP contribution in [0.1, 0.15) is 34.8 Å². The number of nitrogens with zero attached hydrogens (tertiary/aromatic N) is 2. The molecule has 2 aromatic rings. The first-order valence-corrected chi connectivity index (χ1v) is 10.7. The van der Waals surface area contributed by atoms with E-state index in [9.17, 15) is 4.79 Å². The van der Waals surface area contributed by atoms with Gasteiger partial charge in [-0.2, -0.15) is 0 Å². The lowest BCUT2D eigenvalue weighted by molar-refractivity contribution is 0.0703. The number of benzene rings is 2. The smallest absolute Gasteiger partial charge is 0.257 e. The monoisotopic (exact) mass is 423 g/mol. The van der Waals surface area contributed by atoms with Crippen molar-refractivity contribution >= 4 is 23.5 Å². The molecular weight excluding hydrogens is 394 g/mol. The van der Waals surface area contributed by atoms with E-state index in [1.54, 1.807) is 19.2 Å². The quantitative estimate of drug-likeness (QED) is 0.654. The minimum absolute atomic E-state index is 0.0424. The SMILES string of the molecule is CCOCCCOc1cc2c(cc1OC)C(=O)N1Cc3cc(NC)ccc3CC1C=N2. The predicted octanol–water partition coefficient (Wildman–Crippen LogP) is 3.83. The molecule has 2 aliphatic heterocycles. The number of nitrogens with one attached hydrogen (secondary N) is 1. The highest BCUT2D eigenvalue weighted by molar-refractivity contribution is 6.03. The van der Waals surface area contributed by atoms with E-state index < -0.39 is 0 Å². The Labute approximate surface area is 183 Å². The minimum Gasteiger partial charge on any atom is -0.493 e. The third kappa shape index (κ3) is 4.37. The molecule has 0 aliphatic carbocycles. The van der Waals surface area contributed by atoms with E-state index in [4.69, 9.17) is 14.2 Å². The van der Waals surface area contributed by atoms with Crippen LogP contribution in [0.5, 0.6) is 11.5 Å². The number of anilines is 1. The van der Waals surface area contributed by atoms with E-state index in [0.717, 1.165) is 24.1 Å². The summed E-state index contributed by atoms with van der Waals surface area (Å²) in [5.74, 6) is 1.08. The number of amides is 1. The van der Waals surface area contributed by atoms with Gasteiger partial charge in [0.1, 0.15) is 0 Å². The van der Waals surface area contributed by atoms with Crippen LogP contribution in [0.2, 0.25) is 0 Å². The van der Waals surface area contributed by atoms with E-state index >= 15 is 0 Å². The normalized spacial score (nSPS) is 16.8. The van der Waals surface area contributed by atoms with E-state index in [0.29, 0.717) is 49.1 Å². The van der Waals surface area contributed by atoms with Crippen molar-refractivity contribution in [3.05, 3.63) is 47.0 Å². The van der Waals surface area contributed by atoms with Gasteiger partial charge in [-0.25, -0.2) is 0 Å². The molecule has 2 aliphatic rings. The summed E-state index contributed by atoms with van der Waals surface area (Å²) in [6, 6.07) is 9.78. The van der Waals surface area contributed by atoms with Crippen molar-refractivity contribution in [2.24, 2.45) is 4.99 Å². The molecule has 0 fully saturated rings. The van der Waals surface area contributed by atoms with Crippen LogP contribution in [0.15, 0.2) is 35.3 Å². The Balaban J connectivity index is 1.59. The van der Waals surface area contributed by atoms with E-state index in [1.807, 2.05) is 25.1 Å². The number of carbonyl (C=O) groups is 1. The summed E-state index contributed by atoms with van der Waals surface area (Å²) in [5.41, 5.74) is 4.60. The largest absolute Gasteiger partial charge is 0.493 e. The van der Waals surface area contributed by atoms with Crippen LogP contribution >= 0.6 is 0 Å². The van der Waals surface area contributed by atoms with Crippen molar-refractivity contribution in [2.45, 2.75) is 32.4 Å². The first-order chi connectivity index (χ1) is 15.1. The van der Waals surface area contributed by atoms with Crippen LogP contribution in [0.25, 0.3) is 0 Å². The molecule has 1 amide bonds. The third-order valence-electron chi connectivity index (χ3n) is 5.72. The van der Waals surface area contributed by atoms with Crippen LogP contribution in [-0.2, 0) is 17.7 Å². The highest BCUT2D eigenvalue weighted by atomic mass is 16.5. The Kier molecular flexibility index (Phi) is 6.42. The summed E-state index contributed by atoms with van der Waals surface area (Å²) in [6.45, 7) is 4.36. The minimum atomic E-state index is -0.0746. The van der Waals surface area contributed by atoms with Crippen LogP contribution in [-0.4, -0.2) is 57.0 Å². The zero-order valence-electron chi connectivity index (χ0n) is 18.3. The maximum atomic E-state index is 13.5. The fourth-order valence-corrected chi connectivity index (χ4v) is 4.03. The van der Waals surface area contributed by atoms with Gasteiger partial charge in [-0.3, -0.25) is 9.79 Å². The van der Waals surface area contributed by atoms with Gasteiger partial charge >= 0.3 is 0 Å². The van der Waals surface area contributed by atoms with Crippen LogP contribution in [0, 0.1) is 0 Å². The second-order valence-electron chi connectivity index (χ2n) is 7.64. The van der Waals surface area contributed by atoms with Crippen molar-refractivity contribution in [1.82, 2.24) is 4.90 Å². The topological polar surface area (TPSA) is 72.4 Å². The maximum Gasteiger partial charge on any atom is 0.257 e. The standard InChI is InChI=1S/C24H29N3O4/c1-4-30-8-5-9-31-23-13-21-20(12-22(23)29-3)24(28)27-15-17-10-18(25-2)7-6-16(17)11-19(27)14-26-21/h6-7,10,12-14,19,25H,4-5,8-9,11,15H2,1-3H3. The summed E-state index contributed by atoms with van der Waals surface area (Å²) in [5, 5.41) is 3.17. The molecule has 0 aromatic heterocycles. The van der Waals surface area contributed by atoms with Crippen molar-refractivity contribution < 1.29 is 19.0 Å². The summed E-state index contributed by atoms with van der Waals surface area (Å²) in [7, 11) is 3.48. The lowest BCUT2D eigenvalue weighted by Crippen LogP contribution is -2.44. The zero-order chi connectivity index (χ0) is 21.8. The molecule has 1 unspecified atom stereocenters. The van der Waals surface area contributed by atoms with Gasteiger partial charge in [0.15, 0.2) is 11.5 Å². The molecule has 0 bridgehead atoms. The molecule has 2 heterocycles. The van der Waals surface area contributed by atoms with E-state index in [2.05, 4.69) is 28.5 Å². The van der Waals surface area contributed by atoms with Crippen molar-refractivity contribution in [2.75, 3.05) is 39.3 Å². The Morgan fingerprint density at radius 3 is 2.81 bits per heavy atom. The molecule has 1 N–H and O–H groups in total. The van der Waals surface area contributed by atoms with Crippen LogP contribution in [0.3, 0.4) is 0 Å². The average Bonchev–Trinajstić information content (AvgIpc) is 2.93. The lowest BCUT2D eigenvalue weighted by Gasteiger charge is -2.34. The molecule has 7 heteroatoms. The predicted molar refractivity (Wildman–Crippen MR) is 121 cm³/mol. The number of ether oxygens (including phenoxy) is 3. The van der Waals surface area contributed by atoms with Crippen LogP contribution < -0.4 is 14.8 Å². The number of carbonyl (C=O) groups excluding carboxylic acids is 1. The first kappa shape index (κ1) is 21.2. The molecular formula is C24H29N3O4. The van der Waals surface area contributed by atoms with Crippen molar-refractivity contribution in [3.63, 3.8) is 0 Å². The van der Waals surface area contributed by atoms with Crippen molar-refractivity contribution in [3.8, 4) is 11.5 Å². The third-order valence-corrected chi connectivity index (χ3v) is 5.72. The molecule has 0 radical (unpaired) electrons. The molecule has 31 heavy (non-hydrogen) atoms.